The van der Waals surface area contributed by atoms with E-state index in [0.717, 1.165) is 0 Å². The first kappa shape index (κ1) is 19.0. The van der Waals surface area contributed by atoms with Gasteiger partial charge in [0.25, 0.3) is 0 Å². The minimum absolute atomic E-state index is 0.124. The van der Waals surface area contributed by atoms with Crippen molar-refractivity contribution >= 4 is 22.2 Å². The quantitative estimate of drug-likeness (QED) is 0.696. The van der Waals surface area contributed by atoms with E-state index in [1.165, 1.54) is 4.90 Å². The van der Waals surface area contributed by atoms with Gasteiger partial charge in [0.1, 0.15) is 10.9 Å². The van der Waals surface area contributed by atoms with Crippen LogP contribution in [0.25, 0.3) is 0 Å². The normalized spacial score (nSPS) is 25.0. The van der Waals surface area contributed by atoms with Crippen LogP contribution in [0.15, 0.2) is 0 Å². The number of halogens is 1. The molecule has 1 unspecified atom stereocenters. The maximum absolute atomic E-state index is 13.2. The van der Waals surface area contributed by atoms with E-state index in [2.05, 4.69) is 0 Å². The standard InChI is InChI=1S/C15H25FN2O5S/c1-14(2,3)23-13(20)17-7-5-15(4,6-8-17)18-10-11(9-12(18)19)24(16,21)22/h11H,5-10H2,1-4H3. The molecule has 2 heterocycles. The molecule has 0 aliphatic carbocycles. The van der Waals surface area contributed by atoms with Gasteiger partial charge in [0.05, 0.1) is 0 Å². The van der Waals surface area contributed by atoms with Crippen molar-refractivity contribution in [3.05, 3.63) is 0 Å². The van der Waals surface area contributed by atoms with Gasteiger partial charge in [-0.15, -0.1) is 3.89 Å². The SMILES string of the molecule is CC(C)(C)OC(=O)N1CCC(C)(N2CC(S(=O)(=O)F)CC2=O)CC1. The Morgan fingerprint density at radius 1 is 1.29 bits per heavy atom. The molecule has 0 saturated carbocycles. The summed E-state index contributed by atoms with van der Waals surface area (Å²) in [5, 5.41) is -1.29. The van der Waals surface area contributed by atoms with Gasteiger partial charge in [-0.1, -0.05) is 0 Å². The van der Waals surface area contributed by atoms with Gasteiger partial charge in [-0.05, 0) is 40.5 Å². The molecule has 2 amide bonds. The Balaban J connectivity index is 2.00. The molecule has 2 saturated heterocycles. The Labute approximate surface area is 142 Å². The number of amides is 2. The van der Waals surface area contributed by atoms with Gasteiger partial charge in [0.2, 0.25) is 5.91 Å². The molecular formula is C15H25FN2O5S. The molecular weight excluding hydrogens is 339 g/mol. The number of hydrogen-bond acceptors (Lipinski definition) is 5. The van der Waals surface area contributed by atoms with Crippen molar-refractivity contribution < 1.29 is 26.6 Å². The summed E-state index contributed by atoms with van der Waals surface area (Å²) in [6.45, 7) is 7.91. The Kier molecular flexibility index (Phi) is 4.87. The number of carbonyl (C=O) groups excluding carboxylic acids is 2. The summed E-state index contributed by atoms with van der Waals surface area (Å²) in [6.07, 6.45) is 0.277. The molecule has 0 N–H and O–H groups in total. The summed E-state index contributed by atoms with van der Waals surface area (Å²) >= 11 is 0. The minimum atomic E-state index is -4.73. The van der Waals surface area contributed by atoms with Crippen LogP contribution in [0.4, 0.5) is 8.68 Å². The first-order chi connectivity index (χ1) is 10.8. The highest BCUT2D eigenvalue weighted by Crippen LogP contribution is 2.34. The van der Waals surface area contributed by atoms with Gasteiger partial charge in [0.15, 0.2) is 0 Å². The molecule has 2 fully saturated rings. The number of nitrogens with zero attached hydrogens (tertiary/aromatic N) is 2. The van der Waals surface area contributed by atoms with Crippen LogP contribution in [0.2, 0.25) is 0 Å². The Bertz CT molecular complexity index is 620. The number of piperidine rings is 1. The molecule has 9 heteroatoms. The highest BCUT2D eigenvalue weighted by atomic mass is 32.3. The van der Waals surface area contributed by atoms with Crippen molar-refractivity contribution in [1.29, 1.82) is 0 Å². The zero-order valence-electron chi connectivity index (χ0n) is 14.5. The fourth-order valence-electron chi connectivity index (χ4n) is 3.15. The summed E-state index contributed by atoms with van der Waals surface area (Å²) in [5.74, 6) is -0.352. The third-order valence-corrected chi connectivity index (χ3v) is 5.74. The lowest BCUT2D eigenvalue weighted by Crippen LogP contribution is -2.55. The maximum atomic E-state index is 13.2. The Hall–Kier alpha value is -1.38. The maximum Gasteiger partial charge on any atom is 0.410 e. The number of hydrogen-bond donors (Lipinski definition) is 0. The molecule has 24 heavy (non-hydrogen) atoms. The predicted octanol–water partition coefficient (Wildman–Crippen LogP) is 1.68. The molecule has 2 rings (SSSR count). The second kappa shape index (κ2) is 6.16. The van der Waals surface area contributed by atoms with Gasteiger partial charge in [0, 0.05) is 31.6 Å². The van der Waals surface area contributed by atoms with Crippen molar-refractivity contribution in [3.63, 3.8) is 0 Å². The van der Waals surface area contributed by atoms with E-state index in [4.69, 9.17) is 4.74 Å². The van der Waals surface area contributed by atoms with Crippen LogP contribution < -0.4 is 0 Å². The first-order valence-corrected chi connectivity index (χ1v) is 9.48. The molecule has 0 aromatic carbocycles. The lowest BCUT2D eigenvalue weighted by molar-refractivity contribution is -0.134. The third-order valence-electron chi connectivity index (χ3n) is 4.63. The average molecular weight is 364 g/mol. The number of carbonyl (C=O) groups is 2. The largest absolute Gasteiger partial charge is 0.444 e. The van der Waals surface area contributed by atoms with Crippen molar-refractivity contribution in [2.45, 2.75) is 63.3 Å². The van der Waals surface area contributed by atoms with Gasteiger partial charge in [-0.25, -0.2) is 4.79 Å². The summed E-state index contributed by atoms with van der Waals surface area (Å²) in [5.41, 5.74) is -1.15. The zero-order chi connectivity index (χ0) is 18.3. The summed E-state index contributed by atoms with van der Waals surface area (Å²) in [7, 11) is -4.73. The lowest BCUT2D eigenvalue weighted by atomic mass is 9.88. The smallest absolute Gasteiger partial charge is 0.410 e. The van der Waals surface area contributed by atoms with Gasteiger partial charge in [-0.3, -0.25) is 4.79 Å². The van der Waals surface area contributed by atoms with E-state index in [1.54, 1.807) is 25.7 Å². The molecule has 2 aliphatic rings. The number of likely N-dealkylation sites (tertiary alicyclic amines) is 2. The van der Waals surface area contributed by atoms with Crippen LogP contribution in [-0.4, -0.2) is 66.2 Å². The molecule has 0 aromatic rings. The Morgan fingerprint density at radius 3 is 2.25 bits per heavy atom. The Morgan fingerprint density at radius 2 is 1.83 bits per heavy atom. The molecule has 0 aromatic heterocycles. The lowest BCUT2D eigenvalue weighted by Gasteiger charge is -2.45. The molecule has 1 atom stereocenters. The van der Waals surface area contributed by atoms with Crippen molar-refractivity contribution in [2.75, 3.05) is 19.6 Å². The fourth-order valence-corrected chi connectivity index (χ4v) is 3.82. The van der Waals surface area contributed by atoms with E-state index < -0.39 is 32.7 Å². The zero-order valence-corrected chi connectivity index (χ0v) is 15.4. The molecule has 7 nitrogen and oxygen atoms in total. The number of rotatable bonds is 2. The monoisotopic (exact) mass is 364 g/mol. The first-order valence-electron chi connectivity index (χ1n) is 8.04. The molecule has 138 valence electrons. The van der Waals surface area contributed by atoms with Crippen molar-refractivity contribution in [1.82, 2.24) is 9.80 Å². The van der Waals surface area contributed by atoms with E-state index in [-0.39, 0.29) is 18.9 Å². The average Bonchev–Trinajstić information content (AvgIpc) is 2.80. The van der Waals surface area contributed by atoms with Crippen LogP contribution in [-0.2, 0) is 19.8 Å². The van der Waals surface area contributed by atoms with E-state index in [9.17, 15) is 21.9 Å². The fraction of sp³-hybridized carbons (Fsp3) is 0.867. The number of ether oxygens (including phenoxy) is 1. The van der Waals surface area contributed by atoms with Crippen LogP contribution in [0, 0.1) is 0 Å². The van der Waals surface area contributed by atoms with E-state index in [0.29, 0.717) is 25.9 Å². The minimum Gasteiger partial charge on any atom is -0.444 e. The molecule has 0 spiro atoms. The summed E-state index contributed by atoms with van der Waals surface area (Å²) in [6, 6.07) is 0. The molecule has 0 radical (unpaired) electrons. The second-order valence-electron chi connectivity index (χ2n) is 7.77. The highest BCUT2D eigenvalue weighted by molar-refractivity contribution is 7.87. The van der Waals surface area contributed by atoms with Gasteiger partial charge >= 0.3 is 16.3 Å². The highest BCUT2D eigenvalue weighted by Gasteiger charge is 2.47. The van der Waals surface area contributed by atoms with Crippen LogP contribution in [0.3, 0.4) is 0 Å². The third kappa shape index (κ3) is 4.17. The summed E-state index contributed by atoms with van der Waals surface area (Å²) in [4.78, 5) is 27.3. The van der Waals surface area contributed by atoms with E-state index in [1.807, 2.05) is 6.92 Å². The van der Waals surface area contributed by atoms with Gasteiger partial charge < -0.3 is 14.5 Å². The van der Waals surface area contributed by atoms with Crippen molar-refractivity contribution in [2.24, 2.45) is 0 Å². The van der Waals surface area contributed by atoms with Crippen molar-refractivity contribution in [3.8, 4) is 0 Å². The predicted molar refractivity (Wildman–Crippen MR) is 85.6 cm³/mol. The van der Waals surface area contributed by atoms with Crippen LogP contribution >= 0.6 is 0 Å². The molecule has 2 aliphatic heterocycles. The van der Waals surface area contributed by atoms with E-state index >= 15 is 0 Å². The van der Waals surface area contributed by atoms with Crippen LogP contribution in [0.1, 0.15) is 47.0 Å². The van der Waals surface area contributed by atoms with Crippen LogP contribution in [0.5, 0.6) is 0 Å². The second-order valence-corrected chi connectivity index (χ2v) is 9.39. The molecule has 0 bridgehead atoms. The van der Waals surface area contributed by atoms with Gasteiger partial charge in [-0.2, -0.15) is 8.42 Å². The summed E-state index contributed by atoms with van der Waals surface area (Å²) < 4.78 is 40.7. The topological polar surface area (TPSA) is 84.0 Å².